The van der Waals surface area contributed by atoms with Gasteiger partial charge in [0.25, 0.3) is 5.91 Å². The fourth-order valence-electron chi connectivity index (χ4n) is 1.97. The zero-order chi connectivity index (χ0) is 15.4. The van der Waals surface area contributed by atoms with Crippen molar-refractivity contribution in [1.82, 2.24) is 20.3 Å². The quantitative estimate of drug-likeness (QED) is 0.717. The summed E-state index contributed by atoms with van der Waals surface area (Å²) in [6, 6.07) is 6.73. The standard InChI is InChI=1S/C14H14N4O3S/c19-9-12(13-4-1-5-21-13)15-14(20)11-8-18(17-16-11)7-10-3-2-6-22-10/h1-6,8,12,19H,7,9H2,(H,15,20). The van der Waals surface area contributed by atoms with Crippen LogP contribution < -0.4 is 5.32 Å². The molecular weight excluding hydrogens is 304 g/mol. The highest BCUT2D eigenvalue weighted by Gasteiger charge is 2.19. The number of carbonyl (C=O) groups excluding carboxylic acids is 1. The van der Waals surface area contributed by atoms with Gasteiger partial charge in [0, 0.05) is 4.88 Å². The van der Waals surface area contributed by atoms with Crippen LogP contribution in [0.2, 0.25) is 0 Å². The van der Waals surface area contributed by atoms with E-state index in [9.17, 15) is 9.90 Å². The van der Waals surface area contributed by atoms with Gasteiger partial charge in [0.15, 0.2) is 5.69 Å². The molecule has 0 radical (unpaired) electrons. The van der Waals surface area contributed by atoms with Gasteiger partial charge < -0.3 is 14.8 Å². The number of aromatic nitrogens is 3. The van der Waals surface area contributed by atoms with E-state index in [1.54, 1.807) is 34.3 Å². The van der Waals surface area contributed by atoms with Crippen molar-refractivity contribution in [1.29, 1.82) is 0 Å². The normalized spacial score (nSPS) is 12.2. The predicted octanol–water partition coefficient (Wildman–Crippen LogP) is 1.44. The molecule has 1 amide bonds. The lowest BCUT2D eigenvalue weighted by atomic mass is 10.2. The molecule has 0 saturated carbocycles. The Balaban J connectivity index is 1.66. The van der Waals surface area contributed by atoms with Gasteiger partial charge in [-0.15, -0.1) is 16.4 Å². The predicted molar refractivity (Wildman–Crippen MR) is 79.4 cm³/mol. The maximum absolute atomic E-state index is 12.1. The van der Waals surface area contributed by atoms with Gasteiger partial charge in [0.2, 0.25) is 0 Å². The topological polar surface area (TPSA) is 93.2 Å². The lowest BCUT2D eigenvalue weighted by Crippen LogP contribution is -2.30. The van der Waals surface area contributed by atoms with Gasteiger partial charge in [-0.1, -0.05) is 11.3 Å². The molecule has 0 spiro atoms. The van der Waals surface area contributed by atoms with Gasteiger partial charge in [-0.3, -0.25) is 4.79 Å². The SMILES string of the molecule is O=C(NC(CO)c1ccco1)c1cn(Cc2cccs2)nn1. The Morgan fingerprint density at radius 1 is 1.45 bits per heavy atom. The number of furan rings is 1. The number of thiophene rings is 1. The smallest absolute Gasteiger partial charge is 0.274 e. The molecule has 2 N–H and O–H groups in total. The van der Waals surface area contributed by atoms with Crippen LogP contribution in [0.4, 0.5) is 0 Å². The summed E-state index contributed by atoms with van der Waals surface area (Å²) in [5.74, 6) is 0.0784. The molecule has 3 rings (SSSR count). The van der Waals surface area contributed by atoms with Crippen molar-refractivity contribution in [3.8, 4) is 0 Å². The average molecular weight is 318 g/mol. The summed E-state index contributed by atoms with van der Waals surface area (Å²) in [7, 11) is 0. The average Bonchev–Trinajstić information content (AvgIpc) is 3.26. The van der Waals surface area contributed by atoms with E-state index in [1.807, 2.05) is 17.5 Å². The van der Waals surface area contributed by atoms with Crippen LogP contribution in [0, 0.1) is 0 Å². The summed E-state index contributed by atoms with van der Waals surface area (Å²) in [5, 5.41) is 21.8. The summed E-state index contributed by atoms with van der Waals surface area (Å²) < 4.78 is 6.78. The molecule has 3 aromatic heterocycles. The molecule has 0 aromatic carbocycles. The van der Waals surface area contributed by atoms with Crippen molar-refractivity contribution in [3.63, 3.8) is 0 Å². The molecule has 0 aliphatic carbocycles. The second kappa shape index (κ2) is 6.54. The Bertz CT molecular complexity index is 721. The van der Waals surface area contributed by atoms with Crippen molar-refractivity contribution in [2.75, 3.05) is 6.61 Å². The molecule has 3 heterocycles. The van der Waals surface area contributed by atoms with Crippen molar-refractivity contribution in [2.45, 2.75) is 12.6 Å². The summed E-state index contributed by atoms with van der Waals surface area (Å²) in [4.78, 5) is 13.3. The number of nitrogens with zero attached hydrogens (tertiary/aromatic N) is 3. The number of nitrogens with one attached hydrogen (secondary N) is 1. The minimum atomic E-state index is -0.607. The summed E-state index contributed by atoms with van der Waals surface area (Å²) in [6.45, 7) is 0.308. The second-order valence-electron chi connectivity index (χ2n) is 4.60. The molecule has 1 unspecified atom stereocenters. The van der Waals surface area contributed by atoms with Crippen molar-refractivity contribution in [3.05, 3.63) is 58.4 Å². The highest BCUT2D eigenvalue weighted by molar-refractivity contribution is 7.09. The van der Waals surface area contributed by atoms with E-state index >= 15 is 0 Å². The van der Waals surface area contributed by atoms with Gasteiger partial charge in [0.1, 0.15) is 11.8 Å². The number of carbonyl (C=O) groups is 1. The van der Waals surface area contributed by atoms with E-state index in [-0.39, 0.29) is 12.3 Å². The van der Waals surface area contributed by atoms with Crippen LogP contribution in [0.3, 0.4) is 0 Å². The highest BCUT2D eigenvalue weighted by atomic mass is 32.1. The van der Waals surface area contributed by atoms with Crippen LogP contribution in [0.15, 0.2) is 46.5 Å². The molecule has 8 heteroatoms. The van der Waals surface area contributed by atoms with E-state index in [0.717, 1.165) is 4.88 Å². The van der Waals surface area contributed by atoms with Crippen LogP contribution >= 0.6 is 11.3 Å². The maximum atomic E-state index is 12.1. The van der Waals surface area contributed by atoms with E-state index in [0.29, 0.717) is 12.3 Å². The van der Waals surface area contributed by atoms with Crippen LogP contribution in [-0.4, -0.2) is 32.6 Å². The third-order valence-corrected chi connectivity index (χ3v) is 3.90. The number of aliphatic hydroxyl groups excluding tert-OH is 1. The molecule has 1 atom stereocenters. The van der Waals surface area contributed by atoms with Crippen molar-refractivity contribution < 1.29 is 14.3 Å². The van der Waals surface area contributed by atoms with Crippen molar-refractivity contribution >= 4 is 17.2 Å². The molecule has 0 aliphatic heterocycles. The number of rotatable bonds is 6. The van der Waals surface area contributed by atoms with Gasteiger partial charge in [-0.05, 0) is 23.6 Å². The third kappa shape index (κ3) is 3.23. The molecular formula is C14H14N4O3S. The van der Waals surface area contributed by atoms with Gasteiger partial charge in [-0.2, -0.15) is 0 Å². The van der Waals surface area contributed by atoms with E-state index in [2.05, 4.69) is 15.6 Å². The lowest BCUT2D eigenvalue weighted by Gasteiger charge is -2.12. The Morgan fingerprint density at radius 3 is 3.05 bits per heavy atom. The van der Waals surface area contributed by atoms with Crippen LogP contribution in [0.5, 0.6) is 0 Å². The first-order valence-corrected chi connectivity index (χ1v) is 7.52. The molecule has 114 valence electrons. The summed E-state index contributed by atoms with van der Waals surface area (Å²) >= 11 is 1.61. The Kier molecular flexibility index (Phi) is 4.31. The van der Waals surface area contributed by atoms with E-state index in [4.69, 9.17) is 4.42 Å². The molecule has 0 aliphatic rings. The zero-order valence-electron chi connectivity index (χ0n) is 11.5. The van der Waals surface area contributed by atoms with Crippen molar-refractivity contribution in [2.24, 2.45) is 0 Å². The first-order valence-electron chi connectivity index (χ1n) is 6.64. The number of hydrogen-bond acceptors (Lipinski definition) is 6. The maximum Gasteiger partial charge on any atom is 0.274 e. The van der Waals surface area contributed by atoms with Crippen LogP contribution in [0.1, 0.15) is 27.2 Å². The summed E-state index contributed by atoms with van der Waals surface area (Å²) in [6.07, 6.45) is 3.06. The molecule has 7 nitrogen and oxygen atoms in total. The minimum Gasteiger partial charge on any atom is -0.467 e. The number of hydrogen-bond donors (Lipinski definition) is 2. The molecule has 0 bridgehead atoms. The number of aliphatic hydroxyl groups is 1. The first kappa shape index (κ1) is 14.5. The van der Waals surface area contributed by atoms with Crippen LogP contribution in [-0.2, 0) is 6.54 Å². The van der Waals surface area contributed by atoms with Gasteiger partial charge >= 0.3 is 0 Å². The molecule has 0 saturated heterocycles. The van der Waals surface area contributed by atoms with E-state index < -0.39 is 11.9 Å². The molecule has 0 fully saturated rings. The highest BCUT2D eigenvalue weighted by Crippen LogP contribution is 2.14. The summed E-state index contributed by atoms with van der Waals surface area (Å²) in [5.41, 5.74) is 0.196. The lowest BCUT2D eigenvalue weighted by molar-refractivity contribution is 0.0902. The fourth-order valence-corrected chi connectivity index (χ4v) is 2.67. The Labute approximate surface area is 130 Å². The van der Waals surface area contributed by atoms with Crippen LogP contribution in [0.25, 0.3) is 0 Å². The van der Waals surface area contributed by atoms with Gasteiger partial charge in [-0.25, -0.2) is 4.68 Å². The monoisotopic (exact) mass is 318 g/mol. The largest absolute Gasteiger partial charge is 0.467 e. The minimum absolute atomic E-state index is 0.196. The molecule has 22 heavy (non-hydrogen) atoms. The van der Waals surface area contributed by atoms with Gasteiger partial charge in [0.05, 0.1) is 25.6 Å². The Morgan fingerprint density at radius 2 is 2.36 bits per heavy atom. The first-order chi connectivity index (χ1) is 10.8. The zero-order valence-corrected chi connectivity index (χ0v) is 12.4. The second-order valence-corrected chi connectivity index (χ2v) is 5.64. The number of amides is 1. The Hall–Kier alpha value is -2.45. The van der Waals surface area contributed by atoms with E-state index in [1.165, 1.54) is 6.26 Å². The fraction of sp³-hybridized carbons (Fsp3) is 0.214. The molecule has 3 aromatic rings. The third-order valence-electron chi connectivity index (χ3n) is 3.04.